The quantitative estimate of drug-likeness (QED) is 0.660. The molecule has 1 amide bonds. The number of nitrogens with zero attached hydrogens (tertiary/aromatic N) is 2. The van der Waals surface area contributed by atoms with Crippen LogP contribution in [0.25, 0.3) is 0 Å². The minimum atomic E-state index is -0.447. The van der Waals surface area contributed by atoms with Crippen LogP contribution in [0, 0.1) is 17.0 Å². The van der Waals surface area contributed by atoms with Crippen LogP contribution in [0.4, 0.5) is 11.4 Å². The SMILES string of the molecule is CCc1ccc(NC(=O)c2cn[nH]c2C)cc1[N+](=O)[O-]. The summed E-state index contributed by atoms with van der Waals surface area (Å²) < 4.78 is 0. The number of aryl methyl sites for hydroxylation is 2. The van der Waals surface area contributed by atoms with Crippen molar-refractivity contribution in [1.29, 1.82) is 0 Å². The number of nitro benzene ring substituents is 1. The molecule has 0 fully saturated rings. The lowest BCUT2D eigenvalue weighted by Crippen LogP contribution is -2.12. The predicted molar refractivity (Wildman–Crippen MR) is 73.8 cm³/mol. The van der Waals surface area contributed by atoms with Gasteiger partial charge >= 0.3 is 0 Å². The zero-order valence-corrected chi connectivity index (χ0v) is 11.1. The van der Waals surface area contributed by atoms with Crippen LogP contribution in [-0.4, -0.2) is 21.0 Å². The molecule has 0 radical (unpaired) electrons. The van der Waals surface area contributed by atoms with Gasteiger partial charge in [-0.3, -0.25) is 20.0 Å². The van der Waals surface area contributed by atoms with E-state index in [-0.39, 0.29) is 11.6 Å². The summed E-state index contributed by atoms with van der Waals surface area (Å²) in [7, 11) is 0. The van der Waals surface area contributed by atoms with Crippen molar-refractivity contribution in [2.75, 3.05) is 5.32 Å². The highest BCUT2D eigenvalue weighted by Gasteiger charge is 2.16. The number of benzene rings is 1. The number of aromatic nitrogens is 2. The first kappa shape index (κ1) is 13.7. The topological polar surface area (TPSA) is 101 Å². The Balaban J connectivity index is 2.26. The maximum absolute atomic E-state index is 12.0. The maximum atomic E-state index is 12.0. The summed E-state index contributed by atoms with van der Waals surface area (Å²) >= 11 is 0. The summed E-state index contributed by atoms with van der Waals surface area (Å²) in [5.74, 6) is -0.352. The number of nitro groups is 1. The fraction of sp³-hybridized carbons (Fsp3) is 0.231. The lowest BCUT2D eigenvalue weighted by atomic mass is 10.1. The molecule has 0 spiro atoms. The van der Waals surface area contributed by atoms with Crippen LogP contribution in [-0.2, 0) is 6.42 Å². The lowest BCUT2D eigenvalue weighted by Gasteiger charge is -2.06. The Bertz CT molecular complexity index is 663. The van der Waals surface area contributed by atoms with Crippen molar-refractivity contribution in [1.82, 2.24) is 10.2 Å². The average Bonchev–Trinajstić information content (AvgIpc) is 2.85. The Hall–Kier alpha value is -2.70. The van der Waals surface area contributed by atoms with Crippen molar-refractivity contribution in [3.8, 4) is 0 Å². The first-order valence-corrected chi connectivity index (χ1v) is 6.11. The minimum Gasteiger partial charge on any atom is -0.322 e. The van der Waals surface area contributed by atoms with Crippen molar-refractivity contribution < 1.29 is 9.72 Å². The molecule has 0 aliphatic carbocycles. The average molecular weight is 274 g/mol. The third-order valence-corrected chi connectivity index (χ3v) is 3.00. The summed E-state index contributed by atoms with van der Waals surface area (Å²) in [6.07, 6.45) is 1.98. The van der Waals surface area contributed by atoms with Gasteiger partial charge in [0.15, 0.2) is 0 Å². The van der Waals surface area contributed by atoms with Gasteiger partial charge in [0.1, 0.15) is 0 Å². The van der Waals surface area contributed by atoms with Crippen molar-refractivity contribution in [2.24, 2.45) is 0 Å². The van der Waals surface area contributed by atoms with Crippen LogP contribution >= 0.6 is 0 Å². The molecule has 7 nitrogen and oxygen atoms in total. The van der Waals surface area contributed by atoms with E-state index in [2.05, 4.69) is 15.5 Å². The van der Waals surface area contributed by atoms with Gasteiger partial charge in [-0.2, -0.15) is 5.10 Å². The third kappa shape index (κ3) is 2.66. The van der Waals surface area contributed by atoms with Gasteiger partial charge in [-0.15, -0.1) is 0 Å². The van der Waals surface area contributed by atoms with Crippen LogP contribution in [0.15, 0.2) is 24.4 Å². The number of hydrogen-bond acceptors (Lipinski definition) is 4. The van der Waals surface area contributed by atoms with E-state index in [4.69, 9.17) is 0 Å². The van der Waals surface area contributed by atoms with E-state index < -0.39 is 4.92 Å². The maximum Gasteiger partial charge on any atom is 0.274 e. The second-order valence-corrected chi connectivity index (χ2v) is 4.32. The zero-order chi connectivity index (χ0) is 14.7. The van der Waals surface area contributed by atoms with Crippen LogP contribution in [0.5, 0.6) is 0 Å². The van der Waals surface area contributed by atoms with Gasteiger partial charge in [0.25, 0.3) is 11.6 Å². The summed E-state index contributed by atoms with van der Waals surface area (Å²) in [6.45, 7) is 3.57. The molecule has 20 heavy (non-hydrogen) atoms. The molecular weight excluding hydrogens is 260 g/mol. The molecule has 2 rings (SSSR count). The highest BCUT2D eigenvalue weighted by Crippen LogP contribution is 2.24. The number of aromatic amines is 1. The number of hydrogen-bond donors (Lipinski definition) is 2. The van der Waals surface area contributed by atoms with E-state index in [0.29, 0.717) is 28.9 Å². The standard InChI is InChI=1S/C13H14N4O3/c1-3-9-4-5-10(6-12(9)17(19)20)15-13(18)11-7-14-16-8(11)2/h4-7H,3H2,1-2H3,(H,14,16)(H,15,18). The molecule has 0 aliphatic heterocycles. The van der Waals surface area contributed by atoms with Gasteiger partial charge in [0.2, 0.25) is 0 Å². The molecule has 1 aromatic heterocycles. The number of anilines is 1. The Labute approximate surface area is 115 Å². The first-order valence-electron chi connectivity index (χ1n) is 6.11. The van der Waals surface area contributed by atoms with E-state index in [1.165, 1.54) is 12.3 Å². The van der Waals surface area contributed by atoms with Gasteiger partial charge < -0.3 is 5.32 Å². The molecule has 0 atom stereocenters. The van der Waals surface area contributed by atoms with Gasteiger partial charge in [-0.25, -0.2) is 0 Å². The van der Waals surface area contributed by atoms with Gasteiger partial charge in [0, 0.05) is 23.0 Å². The van der Waals surface area contributed by atoms with Gasteiger partial charge in [-0.1, -0.05) is 13.0 Å². The predicted octanol–water partition coefficient (Wildman–Crippen LogP) is 2.44. The summed E-state index contributed by atoms with van der Waals surface area (Å²) in [5, 5.41) is 20.0. The van der Waals surface area contributed by atoms with Crippen molar-refractivity contribution in [2.45, 2.75) is 20.3 Å². The summed E-state index contributed by atoms with van der Waals surface area (Å²) in [4.78, 5) is 22.5. The third-order valence-electron chi connectivity index (χ3n) is 3.00. The van der Waals surface area contributed by atoms with Crippen LogP contribution in [0.1, 0.15) is 28.5 Å². The van der Waals surface area contributed by atoms with E-state index in [1.807, 2.05) is 6.92 Å². The highest BCUT2D eigenvalue weighted by molar-refractivity contribution is 6.05. The molecule has 0 saturated heterocycles. The molecule has 104 valence electrons. The normalized spacial score (nSPS) is 10.3. The number of amides is 1. The number of carbonyl (C=O) groups excluding carboxylic acids is 1. The first-order chi connectivity index (χ1) is 9.52. The Morgan fingerprint density at radius 2 is 2.25 bits per heavy atom. The van der Waals surface area contributed by atoms with Crippen molar-refractivity contribution in [3.05, 3.63) is 51.3 Å². The summed E-state index contributed by atoms with van der Waals surface area (Å²) in [6, 6.07) is 4.67. The second kappa shape index (κ2) is 5.52. The molecule has 2 N–H and O–H groups in total. The zero-order valence-electron chi connectivity index (χ0n) is 11.1. The van der Waals surface area contributed by atoms with Gasteiger partial charge in [0.05, 0.1) is 16.7 Å². The molecule has 7 heteroatoms. The number of rotatable bonds is 4. The van der Waals surface area contributed by atoms with Crippen molar-refractivity contribution in [3.63, 3.8) is 0 Å². The second-order valence-electron chi connectivity index (χ2n) is 4.32. The molecule has 0 bridgehead atoms. The minimum absolute atomic E-state index is 0.00853. The lowest BCUT2D eigenvalue weighted by molar-refractivity contribution is -0.385. The Morgan fingerprint density at radius 1 is 1.50 bits per heavy atom. The molecule has 1 heterocycles. The molecule has 1 aromatic carbocycles. The summed E-state index contributed by atoms with van der Waals surface area (Å²) in [5.41, 5.74) is 2.08. The van der Waals surface area contributed by atoms with Crippen molar-refractivity contribution >= 4 is 17.3 Å². The smallest absolute Gasteiger partial charge is 0.274 e. The fourth-order valence-corrected chi connectivity index (χ4v) is 1.89. The molecular formula is C13H14N4O3. The highest BCUT2D eigenvalue weighted by atomic mass is 16.6. The largest absolute Gasteiger partial charge is 0.322 e. The van der Waals surface area contributed by atoms with E-state index in [0.717, 1.165) is 0 Å². The van der Waals surface area contributed by atoms with Gasteiger partial charge in [-0.05, 0) is 19.4 Å². The molecule has 0 unspecified atom stereocenters. The number of nitrogens with one attached hydrogen (secondary N) is 2. The van der Waals surface area contributed by atoms with E-state index in [9.17, 15) is 14.9 Å². The number of carbonyl (C=O) groups is 1. The Kier molecular flexibility index (Phi) is 3.79. The monoisotopic (exact) mass is 274 g/mol. The Morgan fingerprint density at radius 3 is 2.80 bits per heavy atom. The molecule has 0 saturated carbocycles. The number of H-pyrrole nitrogens is 1. The fourth-order valence-electron chi connectivity index (χ4n) is 1.89. The van der Waals surface area contributed by atoms with Crippen LogP contribution < -0.4 is 5.32 Å². The molecule has 2 aromatic rings. The van der Waals surface area contributed by atoms with Crippen LogP contribution in [0.2, 0.25) is 0 Å². The molecule has 0 aliphatic rings. The van der Waals surface area contributed by atoms with Crippen LogP contribution in [0.3, 0.4) is 0 Å². The van der Waals surface area contributed by atoms with E-state index >= 15 is 0 Å². The van der Waals surface area contributed by atoms with E-state index in [1.54, 1.807) is 19.1 Å².